The highest BCUT2D eigenvalue weighted by Crippen LogP contribution is 2.18. The highest BCUT2D eigenvalue weighted by atomic mass is 32.2. The number of furan rings is 1. The van der Waals surface area contributed by atoms with Gasteiger partial charge in [-0.2, -0.15) is 0 Å². The number of fused-ring (bicyclic) bond motifs is 1. The molecule has 0 bridgehead atoms. The normalized spacial score (nSPS) is 10.9. The number of hydrogen-bond acceptors (Lipinski definition) is 6. The predicted octanol–water partition coefficient (Wildman–Crippen LogP) is 2.55. The smallest absolute Gasteiger partial charge is 0.337 e. The quantitative estimate of drug-likeness (QED) is 0.416. The molecule has 0 spiro atoms. The summed E-state index contributed by atoms with van der Waals surface area (Å²) in [6.45, 7) is 0.309. The summed E-state index contributed by atoms with van der Waals surface area (Å²) in [5.41, 5.74) is 0.660. The predicted molar refractivity (Wildman–Crippen MR) is 86.9 cm³/mol. The Morgan fingerprint density at radius 2 is 2.22 bits per heavy atom. The molecule has 3 rings (SSSR count). The molecule has 6 nitrogen and oxygen atoms in total. The third-order valence-corrected chi connectivity index (χ3v) is 4.09. The number of hydrogen-bond donors (Lipinski definition) is 0. The van der Waals surface area contributed by atoms with Gasteiger partial charge in [0.2, 0.25) is 0 Å². The first-order chi connectivity index (χ1) is 11.1. The van der Waals surface area contributed by atoms with Crippen molar-refractivity contribution in [1.82, 2.24) is 9.55 Å². The molecular weight excluding hydrogens is 316 g/mol. The van der Waals surface area contributed by atoms with Crippen LogP contribution in [-0.2, 0) is 11.3 Å². The molecule has 0 aliphatic rings. The molecule has 0 amide bonds. The largest absolute Gasteiger partial charge is 0.467 e. The summed E-state index contributed by atoms with van der Waals surface area (Å²) in [6, 6.07) is 8.31. The molecule has 0 radical (unpaired) electrons. The molecule has 0 unspecified atom stereocenters. The van der Waals surface area contributed by atoms with Crippen molar-refractivity contribution in [3.05, 3.63) is 58.3 Å². The second kappa shape index (κ2) is 6.29. The first-order valence-corrected chi connectivity index (χ1v) is 8.06. The van der Waals surface area contributed by atoms with E-state index < -0.39 is 5.97 Å². The Labute approximate surface area is 136 Å². The van der Waals surface area contributed by atoms with Gasteiger partial charge in [0.05, 0.1) is 36.4 Å². The maximum Gasteiger partial charge on any atom is 0.337 e. The molecular formula is C16H14N2O4S. The van der Waals surface area contributed by atoms with Crippen LogP contribution in [0.1, 0.15) is 16.1 Å². The van der Waals surface area contributed by atoms with Gasteiger partial charge in [-0.1, -0.05) is 11.8 Å². The molecule has 0 fully saturated rings. The summed E-state index contributed by atoms with van der Waals surface area (Å²) in [5, 5.41) is 1.00. The van der Waals surface area contributed by atoms with E-state index in [4.69, 9.17) is 9.15 Å². The van der Waals surface area contributed by atoms with Crippen molar-refractivity contribution in [3.8, 4) is 0 Å². The van der Waals surface area contributed by atoms with E-state index in [1.807, 2.05) is 6.26 Å². The van der Waals surface area contributed by atoms with Crippen molar-refractivity contribution in [2.24, 2.45) is 0 Å². The average Bonchev–Trinajstić information content (AvgIpc) is 3.09. The second-order valence-corrected chi connectivity index (χ2v) is 5.57. The van der Waals surface area contributed by atoms with Gasteiger partial charge < -0.3 is 9.15 Å². The van der Waals surface area contributed by atoms with Gasteiger partial charge in [0.25, 0.3) is 5.56 Å². The molecule has 23 heavy (non-hydrogen) atoms. The van der Waals surface area contributed by atoms with Crippen LogP contribution in [-0.4, -0.2) is 28.9 Å². The van der Waals surface area contributed by atoms with Crippen LogP contribution in [0.3, 0.4) is 0 Å². The Hall–Kier alpha value is -2.54. The summed E-state index contributed by atoms with van der Waals surface area (Å²) < 4.78 is 11.6. The van der Waals surface area contributed by atoms with Crippen molar-refractivity contribution in [2.75, 3.05) is 13.4 Å². The van der Waals surface area contributed by atoms with Crippen LogP contribution in [0, 0.1) is 0 Å². The Bertz CT molecular complexity index is 916. The van der Waals surface area contributed by atoms with Crippen LogP contribution in [0.2, 0.25) is 0 Å². The summed E-state index contributed by atoms with van der Waals surface area (Å²) in [6.07, 6.45) is 3.41. The first kappa shape index (κ1) is 15.4. The molecule has 0 aliphatic carbocycles. The number of carbonyl (C=O) groups excluding carboxylic acids is 1. The Balaban J connectivity index is 2.16. The van der Waals surface area contributed by atoms with Crippen molar-refractivity contribution >= 4 is 28.6 Å². The lowest BCUT2D eigenvalue weighted by Gasteiger charge is -2.11. The number of aromatic nitrogens is 2. The lowest BCUT2D eigenvalue weighted by molar-refractivity contribution is 0.0601. The lowest BCUT2D eigenvalue weighted by atomic mass is 10.1. The van der Waals surface area contributed by atoms with Crippen LogP contribution in [0.25, 0.3) is 10.9 Å². The highest BCUT2D eigenvalue weighted by molar-refractivity contribution is 7.98. The number of rotatable bonds is 4. The SMILES string of the molecule is COC(=O)c1ccc2c(=O)n(Cc3ccco3)c(SC)nc2c1. The summed E-state index contributed by atoms with van der Waals surface area (Å²) in [5.74, 6) is 0.217. The Morgan fingerprint density at radius 3 is 2.87 bits per heavy atom. The average molecular weight is 330 g/mol. The summed E-state index contributed by atoms with van der Waals surface area (Å²) in [7, 11) is 1.31. The van der Waals surface area contributed by atoms with Crippen LogP contribution in [0.15, 0.2) is 51.0 Å². The van der Waals surface area contributed by atoms with E-state index in [-0.39, 0.29) is 5.56 Å². The van der Waals surface area contributed by atoms with Crippen molar-refractivity contribution in [3.63, 3.8) is 0 Å². The zero-order chi connectivity index (χ0) is 16.4. The van der Waals surface area contributed by atoms with E-state index in [9.17, 15) is 9.59 Å². The molecule has 1 aromatic carbocycles. The number of esters is 1. The van der Waals surface area contributed by atoms with E-state index in [2.05, 4.69) is 4.98 Å². The zero-order valence-electron chi connectivity index (χ0n) is 12.6. The van der Waals surface area contributed by atoms with Crippen molar-refractivity contribution < 1.29 is 13.9 Å². The molecule has 3 aromatic rings. The van der Waals surface area contributed by atoms with Gasteiger partial charge in [-0.05, 0) is 36.6 Å². The number of benzene rings is 1. The minimum atomic E-state index is -0.459. The minimum absolute atomic E-state index is 0.174. The highest BCUT2D eigenvalue weighted by Gasteiger charge is 2.14. The first-order valence-electron chi connectivity index (χ1n) is 6.83. The Morgan fingerprint density at radius 1 is 1.39 bits per heavy atom. The molecule has 118 valence electrons. The molecule has 0 atom stereocenters. The van der Waals surface area contributed by atoms with Gasteiger partial charge in [-0.25, -0.2) is 9.78 Å². The maximum absolute atomic E-state index is 12.7. The number of ether oxygens (including phenoxy) is 1. The number of nitrogens with zero attached hydrogens (tertiary/aromatic N) is 2. The van der Waals surface area contributed by atoms with Gasteiger partial charge in [0.1, 0.15) is 5.76 Å². The fourth-order valence-electron chi connectivity index (χ4n) is 2.30. The van der Waals surface area contributed by atoms with Gasteiger partial charge >= 0.3 is 5.97 Å². The monoisotopic (exact) mass is 330 g/mol. The molecule has 2 aromatic heterocycles. The van der Waals surface area contributed by atoms with Crippen LogP contribution in [0.5, 0.6) is 0 Å². The van der Waals surface area contributed by atoms with Crippen LogP contribution < -0.4 is 5.56 Å². The fourth-order valence-corrected chi connectivity index (χ4v) is 2.86. The van der Waals surface area contributed by atoms with Gasteiger partial charge in [0, 0.05) is 0 Å². The van der Waals surface area contributed by atoms with Gasteiger partial charge in [0.15, 0.2) is 5.16 Å². The molecule has 0 saturated carbocycles. The zero-order valence-corrected chi connectivity index (χ0v) is 13.4. The topological polar surface area (TPSA) is 74.3 Å². The molecule has 2 heterocycles. The van der Waals surface area contributed by atoms with Crippen LogP contribution in [0.4, 0.5) is 0 Å². The second-order valence-electron chi connectivity index (χ2n) is 4.79. The van der Waals surface area contributed by atoms with Gasteiger partial charge in [-0.15, -0.1) is 0 Å². The van der Waals surface area contributed by atoms with E-state index in [0.29, 0.717) is 33.9 Å². The number of carbonyl (C=O) groups is 1. The van der Waals surface area contributed by atoms with Gasteiger partial charge in [-0.3, -0.25) is 9.36 Å². The number of thioether (sulfide) groups is 1. The molecule has 0 N–H and O–H groups in total. The molecule has 0 aliphatic heterocycles. The van der Waals surface area contributed by atoms with E-state index in [1.165, 1.54) is 18.9 Å². The standard InChI is InChI=1S/C16H14N2O4S/c1-21-15(20)10-5-6-12-13(8-10)17-16(23-2)18(14(12)19)9-11-4-3-7-22-11/h3-8H,9H2,1-2H3. The third-order valence-electron chi connectivity index (χ3n) is 3.42. The third kappa shape index (κ3) is 2.87. The molecule has 7 heteroatoms. The summed E-state index contributed by atoms with van der Waals surface area (Å²) in [4.78, 5) is 28.8. The summed E-state index contributed by atoms with van der Waals surface area (Å²) >= 11 is 1.36. The van der Waals surface area contributed by atoms with E-state index >= 15 is 0 Å². The Kier molecular flexibility index (Phi) is 4.20. The fraction of sp³-hybridized carbons (Fsp3) is 0.188. The molecule has 0 saturated heterocycles. The van der Waals surface area contributed by atoms with Crippen molar-refractivity contribution in [1.29, 1.82) is 0 Å². The van der Waals surface area contributed by atoms with E-state index in [1.54, 1.807) is 41.2 Å². The van der Waals surface area contributed by atoms with Crippen LogP contribution >= 0.6 is 11.8 Å². The number of methoxy groups -OCH3 is 1. The van der Waals surface area contributed by atoms with E-state index in [0.717, 1.165) is 0 Å². The van der Waals surface area contributed by atoms with Crippen molar-refractivity contribution in [2.45, 2.75) is 11.7 Å². The minimum Gasteiger partial charge on any atom is -0.467 e. The maximum atomic E-state index is 12.7. The lowest BCUT2D eigenvalue weighted by Crippen LogP contribution is -2.23.